The monoisotopic (exact) mass is 496 g/mol. The van der Waals surface area contributed by atoms with Gasteiger partial charge in [0.2, 0.25) is 5.91 Å². The van der Waals surface area contributed by atoms with E-state index in [4.69, 9.17) is 39.5 Å². The molecule has 1 fully saturated rings. The average molecular weight is 498 g/mol. The molecular weight excluding hydrogens is 471 g/mol. The Balaban J connectivity index is 1.77. The van der Waals surface area contributed by atoms with Crippen LogP contribution in [-0.2, 0) is 16.1 Å². The summed E-state index contributed by atoms with van der Waals surface area (Å²) in [4.78, 5) is 27.6. The maximum Gasteiger partial charge on any atom is 0.261 e. The van der Waals surface area contributed by atoms with Crippen LogP contribution >= 0.6 is 34.8 Å². The third-order valence-corrected chi connectivity index (χ3v) is 6.88. The van der Waals surface area contributed by atoms with Crippen molar-refractivity contribution in [3.63, 3.8) is 0 Å². The van der Waals surface area contributed by atoms with Crippen molar-refractivity contribution in [2.24, 2.45) is 0 Å². The van der Waals surface area contributed by atoms with Crippen LogP contribution in [0.4, 0.5) is 0 Å². The number of carbonyl (C=O) groups excluding carboxylic acids is 2. The predicted molar refractivity (Wildman–Crippen MR) is 129 cm³/mol. The Morgan fingerprint density at radius 1 is 1.09 bits per heavy atom. The van der Waals surface area contributed by atoms with E-state index in [2.05, 4.69) is 5.32 Å². The lowest BCUT2D eigenvalue weighted by Gasteiger charge is -2.30. The van der Waals surface area contributed by atoms with Gasteiger partial charge in [0.15, 0.2) is 6.61 Å². The Kier molecular flexibility index (Phi) is 8.69. The lowest BCUT2D eigenvalue weighted by Crippen LogP contribution is -2.50. The van der Waals surface area contributed by atoms with E-state index in [0.717, 1.165) is 31.2 Å². The maximum absolute atomic E-state index is 13.2. The van der Waals surface area contributed by atoms with E-state index in [1.807, 2.05) is 6.92 Å². The van der Waals surface area contributed by atoms with Crippen molar-refractivity contribution >= 4 is 46.6 Å². The van der Waals surface area contributed by atoms with Gasteiger partial charge in [-0.1, -0.05) is 53.7 Å². The van der Waals surface area contributed by atoms with Crippen molar-refractivity contribution in [3.8, 4) is 5.75 Å². The molecule has 2 aromatic rings. The van der Waals surface area contributed by atoms with E-state index < -0.39 is 6.04 Å². The smallest absolute Gasteiger partial charge is 0.261 e. The average Bonchev–Trinajstić information content (AvgIpc) is 3.27. The molecule has 0 heterocycles. The van der Waals surface area contributed by atoms with Gasteiger partial charge in [-0.25, -0.2) is 0 Å². The number of rotatable bonds is 8. The van der Waals surface area contributed by atoms with Crippen molar-refractivity contribution < 1.29 is 14.3 Å². The standard InChI is InChI=1S/C24H27Cl3N2O3/c1-15-12-18(10-11-20(15)25)32-14-23(30)29(13-19-21(26)8-5-9-22(19)27)16(2)24(31)28-17-6-3-4-7-17/h5,8-12,16-17H,3-4,6-7,13-14H2,1-2H3,(H,28,31)/t16-/m1/s1. The van der Waals surface area contributed by atoms with Crippen molar-refractivity contribution in [1.82, 2.24) is 10.2 Å². The van der Waals surface area contributed by atoms with Crippen LogP contribution < -0.4 is 10.1 Å². The molecule has 0 aromatic heterocycles. The third kappa shape index (κ3) is 6.31. The highest BCUT2D eigenvalue weighted by Crippen LogP contribution is 2.27. The zero-order valence-corrected chi connectivity index (χ0v) is 20.4. The third-order valence-electron chi connectivity index (χ3n) is 5.75. The number of nitrogens with zero attached hydrogens (tertiary/aromatic N) is 1. The summed E-state index contributed by atoms with van der Waals surface area (Å²) in [6, 6.07) is 9.78. The summed E-state index contributed by atoms with van der Waals surface area (Å²) in [5, 5.41) is 4.56. The number of aryl methyl sites for hydroxylation is 1. The second-order valence-corrected chi connectivity index (χ2v) is 9.31. The van der Waals surface area contributed by atoms with E-state index in [-0.39, 0.29) is 31.0 Å². The van der Waals surface area contributed by atoms with Gasteiger partial charge < -0.3 is 15.0 Å². The Bertz CT molecular complexity index is 957. The van der Waals surface area contributed by atoms with Gasteiger partial charge in [-0.05, 0) is 62.6 Å². The Labute approximate surface area is 204 Å². The number of hydrogen-bond acceptors (Lipinski definition) is 3. The van der Waals surface area contributed by atoms with E-state index >= 15 is 0 Å². The minimum absolute atomic E-state index is 0.0968. The van der Waals surface area contributed by atoms with Gasteiger partial charge in [0, 0.05) is 33.2 Å². The first-order valence-electron chi connectivity index (χ1n) is 10.7. The van der Waals surface area contributed by atoms with Gasteiger partial charge in [-0.2, -0.15) is 0 Å². The molecule has 32 heavy (non-hydrogen) atoms. The first-order chi connectivity index (χ1) is 15.3. The van der Waals surface area contributed by atoms with Crippen molar-refractivity contribution in [1.29, 1.82) is 0 Å². The van der Waals surface area contributed by atoms with Crippen LogP contribution in [0.5, 0.6) is 5.75 Å². The molecule has 0 radical (unpaired) electrons. The first-order valence-corrected chi connectivity index (χ1v) is 11.8. The van der Waals surface area contributed by atoms with Crippen molar-refractivity contribution in [3.05, 3.63) is 62.6 Å². The number of ether oxygens (including phenoxy) is 1. The Hall–Kier alpha value is -1.95. The summed E-state index contributed by atoms with van der Waals surface area (Å²) in [6.45, 7) is 3.43. The normalized spacial score (nSPS) is 14.8. The van der Waals surface area contributed by atoms with Crippen LogP contribution in [0.15, 0.2) is 36.4 Å². The number of hydrogen-bond donors (Lipinski definition) is 1. The zero-order chi connectivity index (χ0) is 23.3. The van der Waals surface area contributed by atoms with E-state index in [0.29, 0.717) is 26.4 Å². The van der Waals surface area contributed by atoms with Crippen LogP contribution in [0.1, 0.15) is 43.7 Å². The van der Waals surface area contributed by atoms with Crippen molar-refractivity contribution in [2.75, 3.05) is 6.61 Å². The van der Waals surface area contributed by atoms with Gasteiger partial charge >= 0.3 is 0 Å². The maximum atomic E-state index is 13.2. The Morgan fingerprint density at radius 3 is 2.38 bits per heavy atom. The lowest BCUT2D eigenvalue weighted by atomic mass is 10.1. The quantitative estimate of drug-likeness (QED) is 0.501. The molecule has 3 rings (SSSR count). The minimum Gasteiger partial charge on any atom is -0.484 e. The van der Waals surface area contributed by atoms with Crippen LogP contribution in [-0.4, -0.2) is 35.4 Å². The highest BCUT2D eigenvalue weighted by molar-refractivity contribution is 6.36. The zero-order valence-electron chi connectivity index (χ0n) is 18.2. The number of carbonyl (C=O) groups is 2. The molecule has 1 saturated carbocycles. The summed E-state index contributed by atoms with van der Waals surface area (Å²) in [6.07, 6.45) is 4.13. The largest absolute Gasteiger partial charge is 0.484 e. The number of benzene rings is 2. The molecule has 5 nitrogen and oxygen atoms in total. The number of halogens is 3. The summed E-state index contributed by atoms with van der Waals surface area (Å²) in [5.41, 5.74) is 1.44. The van der Waals surface area contributed by atoms with Gasteiger partial charge in [0.25, 0.3) is 5.91 Å². The van der Waals surface area contributed by atoms with E-state index in [9.17, 15) is 9.59 Å². The molecule has 0 unspecified atom stereocenters. The Morgan fingerprint density at radius 2 is 1.75 bits per heavy atom. The molecule has 172 valence electrons. The second kappa shape index (κ2) is 11.3. The highest BCUT2D eigenvalue weighted by atomic mass is 35.5. The van der Waals surface area contributed by atoms with Gasteiger partial charge in [0.05, 0.1) is 0 Å². The topological polar surface area (TPSA) is 58.6 Å². The van der Waals surface area contributed by atoms with Crippen LogP contribution in [0.3, 0.4) is 0 Å². The molecule has 1 atom stereocenters. The fourth-order valence-corrected chi connectivity index (χ4v) is 4.40. The number of amides is 2. The molecule has 0 bridgehead atoms. The van der Waals surface area contributed by atoms with Gasteiger partial charge in [-0.15, -0.1) is 0 Å². The van der Waals surface area contributed by atoms with Crippen LogP contribution in [0, 0.1) is 6.92 Å². The summed E-state index contributed by atoms with van der Waals surface area (Å²) < 4.78 is 5.70. The minimum atomic E-state index is -0.717. The second-order valence-electron chi connectivity index (χ2n) is 8.09. The van der Waals surface area contributed by atoms with E-state index in [1.165, 1.54) is 4.90 Å². The molecule has 8 heteroatoms. The summed E-state index contributed by atoms with van der Waals surface area (Å²) in [5.74, 6) is -0.0162. The first kappa shape index (κ1) is 24.7. The van der Waals surface area contributed by atoms with Gasteiger partial charge in [-0.3, -0.25) is 9.59 Å². The lowest BCUT2D eigenvalue weighted by molar-refractivity contribution is -0.142. The molecule has 1 N–H and O–H groups in total. The fraction of sp³-hybridized carbons (Fsp3) is 0.417. The molecule has 2 aromatic carbocycles. The molecule has 0 saturated heterocycles. The fourth-order valence-electron chi connectivity index (χ4n) is 3.76. The van der Waals surface area contributed by atoms with Crippen molar-refractivity contribution in [2.45, 2.75) is 58.2 Å². The van der Waals surface area contributed by atoms with E-state index in [1.54, 1.807) is 43.3 Å². The molecule has 0 aliphatic heterocycles. The molecule has 1 aliphatic rings. The molecule has 1 aliphatic carbocycles. The molecule has 2 amide bonds. The number of nitrogens with one attached hydrogen (secondary N) is 1. The molecular formula is C24H27Cl3N2O3. The predicted octanol–water partition coefficient (Wildman–Crippen LogP) is 5.81. The highest BCUT2D eigenvalue weighted by Gasteiger charge is 2.29. The van der Waals surface area contributed by atoms with Crippen LogP contribution in [0.2, 0.25) is 15.1 Å². The summed E-state index contributed by atoms with van der Waals surface area (Å²) in [7, 11) is 0. The molecule has 0 spiro atoms. The SMILES string of the molecule is Cc1cc(OCC(=O)N(Cc2c(Cl)cccc2Cl)[C@H](C)C(=O)NC2CCCC2)ccc1Cl. The van der Waals surface area contributed by atoms with Crippen LogP contribution in [0.25, 0.3) is 0 Å². The van der Waals surface area contributed by atoms with Gasteiger partial charge in [0.1, 0.15) is 11.8 Å². The summed E-state index contributed by atoms with van der Waals surface area (Å²) >= 11 is 18.7.